The number of rotatable bonds is 8. The topological polar surface area (TPSA) is 55.8 Å². The van der Waals surface area contributed by atoms with Crippen molar-refractivity contribution in [3.8, 4) is 5.75 Å². The van der Waals surface area contributed by atoms with Gasteiger partial charge in [0.1, 0.15) is 19.1 Å². The summed E-state index contributed by atoms with van der Waals surface area (Å²) in [5.74, 6) is -0.227. The number of methoxy groups -OCH3 is 1. The van der Waals surface area contributed by atoms with Crippen molar-refractivity contribution in [1.82, 2.24) is 0 Å². The minimum Gasteiger partial charge on any atom is -0.487 e. The van der Waals surface area contributed by atoms with E-state index in [1.54, 1.807) is 48.5 Å². The van der Waals surface area contributed by atoms with Crippen molar-refractivity contribution in [1.29, 1.82) is 0 Å². The van der Waals surface area contributed by atoms with Crippen LogP contribution in [0.2, 0.25) is 0 Å². The van der Waals surface area contributed by atoms with Crippen molar-refractivity contribution >= 4 is 15.7 Å². The molecule has 0 unspecified atom stereocenters. The molecule has 0 spiro atoms. The molecule has 0 aliphatic rings. The minimum atomic E-state index is -4.62. The van der Waals surface area contributed by atoms with Crippen LogP contribution in [0.15, 0.2) is 83.8 Å². The fourth-order valence-corrected chi connectivity index (χ4v) is 4.26. The van der Waals surface area contributed by atoms with Crippen LogP contribution in [0.25, 0.3) is 0 Å². The van der Waals surface area contributed by atoms with E-state index in [1.807, 2.05) is 0 Å². The summed E-state index contributed by atoms with van der Waals surface area (Å²) in [7, 11) is -2.83. The fourth-order valence-electron chi connectivity index (χ4n) is 2.85. The second kappa shape index (κ2) is 9.40. The van der Waals surface area contributed by atoms with Gasteiger partial charge in [0, 0.05) is 7.11 Å². The second-order valence-electron chi connectivity index (χ2n) is 6.54. The number of halogens is 3. The lowest BCUT2D eigenvalue weighted by Crippen LogP contribution is -2.33. The molecule has 0 fully saturated rings. The Hall–Kier alpha value is -3.04. The summed E-state index contributed by atoms with van der Waals surface area (Å²) in [4.78, 5) is -0.0269. The summed E-state index contributed by atoms with van der Waals surface area (Å²) in [6, 6.07) is 19.1. The Labute approximate surface area is 178 Å². The highest BCUT2D eigenvalue weighted by Gasteiger charge is 2.33. The van der Waals surface area contributed by atoms with E-state index in [1.165, 1.54) is 19.2 Å². The standard InChI is InChI=1S/C22H20F3NO4S/c1-29-16-26(31(27,28)19-10-6-3-7-11-19)20-13-12-18(22(23,24)25)14-21(20)30-15-17-8-4-2-5-9-17/h2-14H,15-16H2,1H3. The molecule has 164 valence electrons. The van der Waals surface area contributed by atoms with Gasteiger partial charge in [0.05, 0.1) is 16.1 Å². The van der Waals surface area contributed by atoms with E-state index < -0.39 is 28.5 Å². The van der Waals surface area contributed by atoms with Crippen LogP contribution < -0.4 is 9.04 Å². The average molecular weight is 451 g/mol. The third-order valence-electron chi connectivity index (χ3n) is 4.37. The van der Waals surface area contributed by atoms with Gasteiger partial charge in [-0.1, -0.05) is 48.5 Å². The first-order valence-corrected chi connectivity index (χ1v) is 10.6. The predicted octanol–water partition coefficient (Wildman–Crippen LogP) is 5.08. The van der Waals surface area contributed by atoms with Gasteiger partial charge in [-0.3, -0.25) is 0 Å². The molecule has 3 aromatic rings. The highest BCUT2D eigenvalue weighted by molar-refractivity contribution is 7.92. The van der Waals surface area contributed by atoms with Crippen LogP contribution in [-0.2, 0) is 27.5 Å². The molecule has 0 aliphatic heterocycles. The molecule has 0 aromatic heterocycles. The number of anilines is 1. The van der Waals surface area contributed by atoms with E-state index in [-0.39, 0.29) is 22.9 Å². The lowest BCUT2D eigenvalue weighted by molar-refractivity contribution is -0.137. The van der Waals surface area contributed by atoms with E-state index in [4.69, 9.17) is 9.47 Å². The van der Waals surface area contributed by atoms with Crippen LogP contribution in [0.5, 0.6) is 5.75 Å². The van der Waals surface area contributed by atoms with Gasteiger partial charge in [0.25, 0.3) is 10.0 Å². The summed E-state index contributed by atoms with van der Waals surface area (Å²) < 4.78 is 77.9. The zero-order chi connectivity index (χ0) is 22.5. The zero-order valence-electron chi connectivity index (χ0n) is 16.5. The molecule has 31 heavy (non-hydrogen) atoms. The van der Waals surface area contributed by atoms with Gasteiger partial charge >= 0.3 is 6.18 Å². The monoisotopic (exact) mass is 451 g/mol. The Bertz CT molecular complexity index is 1100. The predicted molar refractivity (Wildman–Crippen MR) is 110 cm³/mol. The van der Waals surface area contributed by atoms with Gasteiger partial charge in [-0.2, -0.15) is 13.2 Å². The largest absolute Gasteiger partial charge is 0.487 e. The highest BCUT2D eigenvalue weighted by atomic mass is 32.2. The molecular formula is C22H20F3NO4S. The maximum atomic E-state index is 13.3. The molecule has 0 bridgehead atoms. The quantitative estimate of drug-likeness (QED) is 0.448. The lowest BCUT2D eigenvalue weighted by atomic mass is 10.1. The van der Waals surface area contributed by atoms with Gasteiger partial charge in [-0.25, -0.2) is 12.7 Å². The van der Waals surface area contributed by atoms with Crippen LogP contribution in [0.4, 0.5) is 18.9 Å². The molecule has 0 saturated carbocycles. The van der Waals surface area contributed by atoms with E-state index in [2.05, 4.69) is 0 Å². The van der Waals surface area contributed by atoms with Crippen molar-refractivity contribution in [3.05, 3.63) is 90.0 Å². The molecule has 3 aromatic carbocycles. The Morgan fingerprint density at radius 2 is 1.52 bits per heavy atom. The molecule has 0 saturated heterocycles. The minimum absolute atomic E-state index is 0.0269. The first-order valence-electron chi connectivity index (χ1n) is 9.18. The molecule has 0 amide bonds. The van der Waals surface area contributed by atoms with Crippen molar-refractivity contribution in [2.45, 2.75) is 17.7 Å². The van der Waals surface area contributed by atoms with E-state index in [9.17, 15) is 21.6 Å². The van der Waals surface area contributed by atoms with Crippen molar-refractivity contribution in [2.24, 2.45) is 0 Å². The van der Waals surface area contributed by atoms with Gasteiger partial charge in [-0.05, 0) is 35.9 Å². The first-order chi connectivity index (χ1) is 14.7. The molecule has 0 radical (unpaired) electrons. The van der Waals surface area contributed by atoms with Crippen molar-refractivity contribution < 1.29 is 31.1 Å². The number of benzene rings is 3. The third kappa shape index (κ3) is 5.36. The Balaban J connectivity index is 2.07. The van der Waals surface area contributed by atoms with Gasteiger partial charge in [-0.15, -0.1) is 0 Å². The number of ether oxygens (including phenoxy) is 2. The normalized spacial score (nSPS) is 11.9. The fraction of sp³-hybridized carbons (Fsp3) is 0.182. The van der Waals surface area contributed by atoms with Gasteiger partial charge in [0.15, 0.2) is 0 Å². The van der Waals surface area contributed by atoms with Crippen LogP contribution in [0.3, 0.4) is 0 Å². The molecular weight excluding hydrogens is 431 g/mol. The maximum Gasteiger partial charge on any atom is 0.416 e. The summed E-state index contributed by atoms with van der Waals surface area (Å²) in [6.45, 7) is -0.453. The summed E-state index contributed by atoms with van der Waals surface area (Å²) in [5, 5.41) is 0. The van der Waals surface area contributed by atoms with Crippen molar-refractivity contribution in [3.63, 3.8) is 0 Å². The van der Waals surface area contributed by atoms with Crippen LogP contribution >= 0.6 is 0 Å². The highest BCUT2D eigenvalue weighted by Crippen LogP contribution is 2.39. The Morgan fingerprint density at radius 1 is 0.903 bits per heavy atom. The number of hydrogen-bond donors (Lipinski definition) is 0. The molecule has 9 heteroatoms. The summed E-state index contributed by atoms with van der Waals surface area (Å²) in [5.41, 5.74) is -0.293. The number of sulfonamides is 1. The van der Waals surface area contributed by atoms with Gasteiger partial charge in [0.2, 0.25) is 0 Å². The van der Waals surface area contributed by atoms with E-state index in [0.29, 0.717) is 0 Å². The smallest absolute Gasteiger partial charge is 0.416 e. The Morgan fingerprint density at radius 3 is 2.10 bits per heavy atom. The maximum absolute atomic E-state index is 13.3. The SMILES string of the molecule is COCN(c1ccc(C(F)(F)F)cc1OCc1ccccc1)S(=O)(=O)c1ccccc1. The molecule has 0 heterocycles. The molecule has 0 N–H and O–H groups in total. The number of nitrogens with zero attached hydrogens (tertiary/aromatic N) is 1. The second-order valence-corrected chi connectivity index (χ2v) is 8.40. The van der Waals surface area contributed by atoms with Crippen molar-refractivity contribution in [2.75, 3.05) is 18.1 Å². The van der Waals surface area contributed by atoms with Gasteiger partial charge < -0.3 is 9.47 Å². The molecule has 0 atom stereocenters. The molecule has 0 aliphatic carbocycles. The Kier molecular flexibility index (Phi) is 6.87. The molecule has 5 nitrogen and oxygen atoms in total. The van der Waals surface area contributed by atoms with Crippen LogP contribution in [0.1, 0.15) is 11.1 Å². The lowest BCUT2D eigenvalue weighted by Gasteiger charge is -2.26. The van der Waals surface area contributed by atoms with E-state index >= 15 is 0 Å². The summed E-state index contributed by atoms with van der Waals surface area (Å²) >= 11 is 0. The van der Waals surface area contributed by atoms with Crippen LogP contribution in [0, 0.1) is 0 Å². The van der Waals surface area contributed by atoms with E-state index in [0.717, 1.165) is 28.1 Å². The first kappa shape index (κ1) is 22.6. The number of alkyl halides is 3. The molecule has 3 rings (SSSR count). The zero-order valence-corrected chi connectivity index (χ0v) is 17.4. The summed E-state index contributed by atoms with van der Waals surface area (Å²) in [6.07, 6.45) is -4.62. The van der Waals surface area contributed by atoms with Crippen LogP contribution in [-0.4, -0.2) is 22.3 Å². The number of hydrogen-bond acceptors (Lipinski definition) is 4. The third-order valence-corrected chi connectivity index (χ3v) is 6.12. The average Bonchev–Trinajstić information content (AvgIpc) is 2.76.